The van der Waals surface area contributed by atoms with Gasteiger partial charge < -0.3 is 9.42 Å². The average molecular weight is 448 g/mol. The van der Waals surface area contributed by atoms with Crippen molar-refractivity contribution in [3.63, 3.8) is 0 Å². The molecular weight excluding hydrogens is 426 g/mol. The Morgan fingerprint density at radius 3 is 2.91 bits per heavy atom. The summed E-state index contributed by atoms with van der Waals surface area (Å²) in [4.78, 5) is 20.9. The highest BCUT2D eigenvalue weighted by molar-refractivity contribution is 6.30. The van der Waals surface area contributed by atoms with Crippen LogP contribution in [-0.4, -0.2) is 42.6 Å². The molecule has 0 aromatic carbocycles. The molecule has 1 atom stereocenters. The van der Waals surface area contributed by atoms with Gasteiger partial charge in [-0.15, -0.1) is 0 Å². The van der Waals surface area contributed by atoms with E-state index < -0.39 is 0 Å². The fourth-order valence-corrected chi connectivity index (χ4v) is 4.90. The predicted molar refractivity (Wildman–Crippen MR) is 121 cm³/mol. The minimum atomic E-state index is -0.234. The minimum Gasteiger partial charge on any atom is -0.351 e. The number of anilines is 1. The van der Waals surface area contributed by atoms with Crippen LogP contribution in [0.25, 0.3) is 17.2 Å². The van der Waals surface area contributed by atoms with Gasteiger partial charge >= 0.3 is 0 Å². The van der Waals surface area contributed by atoms with Crippen LogP contribution in [0.3, 0.4) is 0 Å². The van der Waals surface area contributed by atoms with Crippen LogP contribution in [0.5, 0.6) is 0 Å². The van der Waals surface area contributed by atoms with Gasteiger partial charge in [-0.05, 0) is 36.6 Å². The van der Waals surface area contributed by atoms with E-state index in [1.54, 1.807) is 12.4 Å². The van der Waals surface area contributed by atoms with Crippen molar-refractivity contribution in [3.05, 3.63) is 65.2 Å². The Kier molecular flexibility index (Phi) is 4.33. The molecule has 0 amide bonds. The van der Waals surface area contributed by atoms with Gasteiger partial charge in [0.25, 0.3) is 0 Å². The van der Waals surface area contributed by atoms with Crippen molar-refractivity contribution >= 4 is 23.1 Å². The Morgan fingerprint density at radius 1 is 1.16 bits per heavy atom. The van der Waals surface area contributed by atoms with E-state index in [0.717, 1.165) is 54.8 Å². The molecule has 4 aromatic heterocycles. The van der Waals surface area contributed by atoms with Crippen LogP contribution < -0.4 is 4.90 Å². The second kappa shape index (κ2) is 7.13. The normalized spacial score (nSPS) is 20.4. The largest absolute Gasteiger partial charge is 0.351 e. The summed E-state index contributed by atoms with van der Waals surface area (Å²) in [5.41, 5.74) is 2.70. The number of allylic oxidation sites excluding steroid dienone is 1. The van der Waals surface area contributed by atoms with Crippen molar-refractivity contribution in [2.24, 2.45) is 0 Å². The van der Waals surface area contributed by atoms with E-state index in [9.17, 15) is 0 Å². The molecule has 5 heterocycles. The maximum atomic E-state index is 6.20. The molecule has 1 fully saturated rings. The van der Waals surface area contributed by atoms with E-state index in [-0.39, 0.29) is 11.3 Å². The van der Waals surface area contributed by atoms with Crippen LogP contribution in [0.1, 0.15) is 44.3 Å². The lowest BCUT2D eigenvalue weighted by Gasteiger charge is -2.23. The first-order valence-electron chi connectivity index (χ1n) is 10.8. The molecule has 1 saturated heterocycles. The summed E-state index contributed by atoms with van der Waals surface area (Å²) in [5, 5.41) is 4.85. The fraction of sp³-hybridized carbons (Fsp3) is 0.348. The lowest BCUT2D eigenvalue weighted by atomic mass is 9.83. The standard InChI is InChI=1S/C23H22ClN7O/c1-14(2)20-28-22(32-29-20)23-8-3-4-15(23)11-30(13-23)19-7-9-25-21(27-19)17-10-26-18-6-5-16(24)12-31(17)18/h4-7,9-10,12,14H,3,8,11,13H2,1-2H3/t23-/m0/s1. The monoisotopic (exact) mass is 447 g/mol. The van der Waals surface area contributed by atoms with Crippen LogP contribution >= 0.6 is 11.6 Å². The zero-order chi connectivity index (χ0) is 21.9. The fourth-order valence-electron chi connectivity index (χ4n) is 4.74. The highest BCUT2D eigenvalue weighted by Crippen LogP contribution is 2.47. The van der Waals surface area contributed by atoms with E-state index in [1.807, 2.05) is 28.8 Å². The second-order valence-corrected chi connectivity index (χ2v) is 9.21. The number of hydrogen-bond donors (Lipinski definition) is 0. The van der Waals surface area contributed by atoms with Crippen LogP contribution in [0.4, 0.5) is 5.82 Å². The van der Waals surface area contributed by atoms with E-state index in [0.29, 0.717) is 10.8 Å². The highest BCUT2D eigenvalue weighted by atomic mass is 35.5. The number of rotatable bonds is 4. The molecule has 1 aliphatic carbocycles. The third-order valence-electron chi connectivity index (χ3n) is 6.43. The average Bonchev–Trinajstić information content (AvgIpc) is 3.54. The third-order valence-corrected chi connectivity index (χ3v) is 6.65. The Morgan fingerprint density at radius 2 is 2.06 bits per heavy atom. The van der Waals surface area contributed by atoms with Gasteiger partial charge in [-0.3, -0.25) is 4.40 Å². The van der Waals surface area contributed by atoms with E-state index in [4.69, 9.17) is 26.1 Å². The van der Waals surface area contributed by atoms with Gasteiger partial charge in [-0.1, -0.05) is 36.7 Å². The second-order valence-electron chi connectivity index (χ2n) is 8.78. The van der Waals surface area contributed by atoms with Crippen molar-refractivity contribution in [2.45, 2.75) is 38.0 Å². The van der Waals surface area contributed by atoms with Crippen LogP contribution in [0, 0.1) is 0 Å². The van der Waals surface area contributed by atoms with Crippen LogP contribution in [0.15, 0.2) is 53.0 Å². The molecule has 2 aliphatic rings. The van der Waals surface area contributed by atoms with Crippen molar-refractivity contribution < 1.29 is 4.52 Å². The lowest BCUT2D eigenvalue weighted by Crippen LogP contribution is -2.31. The molecule has 4 aromatic rings. The summed E-state index contributed by atoms with van der Waals surface area (Å²) < 4.78 is 7.67. The Balaban J connectivity index is 1.35. The van der Waals surface area contributed by atoms with Crippen LogP contribution in [0.2, 0.25) is 5.02 Å². The summed E-state index contributed by atoms with van der Waals surface area (Å²) >= 11 is 6.20. The number of fused-ring (bicyclic) bond motifs is 2. The Labute approximate surface area is 190 Å². The van der Waals surface area contributed by atoms with E-state index in [1.165, 1.54) is 5.57 Å². The minimum absolute atomic E-state index is 0.234. The Bertz CT molecular complexity index is 1360. The predicted octanol–water partition coefficient (Wildman–Crippen LogP) is 4.43. The molecule has 0 bridgehead atoms. The molecule has 0 radical (unpaired) electrons. The summed E-state index contributed by atoms with van der Waals surface area (Å²) in [6.07, 6.45) is 9.72. The van der Waals surface area contributed by atoms with E-state index in [2.05, 4.69) is 39.9 Å². The van der Waals surface area contributed by atoms with Gasteiger partial charge in [0.05, 0.1) is 16.6 Å². The molecule has 1 aliphatic heterocycles. The first-order valence-corrected chi connectivity index (χ1v) is 11.2. The van der Waals surface area contributed by atoms with Gasteiger partial charge in [-0.25, -0.2) is 15.0 Å². The quantitative estimate of drug-likeness (QED) is 0.428. The molecule has 8 nitrogen and oxygen atoms in total. The molecule has 0 saturated carbocycles. The van der Waals surface area contributed by atoms with Gasteiger partial charge in [0, 0.05) is 31.4 Å². The SMILES string of the molecule is CC(C)c1noc([C@]23CCC=C2CN(c2ccnc(-c4cnc5ccc(Cl)cn45)n2)C3)n1. The van der Waals surface area contributed by atoms with Gasteiger partial charge in [0.1, 0.15) is 17.2 Å². The molecule has 32 heavy (non-hydrogen) atoms. The Hall–Kier alpha value is -3.26. The smallest absolute Gasteiger partial charge is 0.238 e. The van der Waals surface area contributed by atoms with Crippen molar-refractivity contribution in [1.82, 2.24) is 29.5 Å². The topological polar surface area (TPSA) is 85.2 Å². The number of pyridine rings is 1. The summed E-state index contributed by atoms with van der Waals surface area (Å²) in [6, 6.07) is 5.65. The van der Waals surface area contributed by atoms with Gasteiger partial charge in [0.2, 0.25) is 5.89 Å². The highest BCUT2D eigenvalue weighted by Gasteiger charge is 2.50. The molecular formula is C23H22ClN7O. The van der Waals surface area contributed by atoms with Crippen molar-refractivity contribution in [3.8, 4) is 11.5 Å². The summed E-state index contributed by atoms with van der Waals surface area (Å²) in [5.74, 6) is 3.19. The van der Waals surface area contributed by atoms with Gasteiger partial charge in [0.15, 0.2) is 11.6 Å². The molecule has 6 rings (SSSR count). The molecule has 9 heteroatoms. The third kappa shape index (κ3) is 2.93. The number of halogens is 1. The van der Waals surface area contributed by atoms with Crippen molar-refractivity contribution in [2.75, 3.05) is 18.0 Å². The lowest BCUT2D eigenvalue weighted by molar-refractivity contribution is 0.313. The number of aromatic nitrogens is 6. The molecule has 0 unspecified atom stereocenters. The first-order chi connectivity index (χ1) is 15.5. The number of hydrogen-bond acceptors (Lipinski definition) is 7. The maximum Gasteiger partial charge on any atom is 0.238 e. The zero-order valence-electron chi connectivity index (χ0n) is 17.9. The number of imidazole rings is 1. The summed E-state index contributed by atoms with van der Waals surface area (Å²) in [7, 11) is 0. The zero-order valence-corrected chi connectivity index (χ0v) is 18.6. The van der Waals surface area contributed by atoms with Crippen molar-refractivity contribution in [1.29, 1.82) is 0 Å². The van der Waals surface area contributed by atoms with Crippen LogP contribution in [-0.2, 0) is 5.41 Å². The number of nitrogens with zero attached hydrogens (tertiary/aromatic N) is 7. The maximum absolute atomic E-state index is 6.20. The molecule has 0 N–H and O–H groups in total. The summed E-state index contributed by atoms with van der Waals surface area (Å²) in [6.45, 7) is 5.70. The van der Waals surface area contributed by atoms with Gasteiger partial charge in [-0.2, -0.15) is 4.98 Å². The first kappa shape index (κ1) is 19.4. The van der Waals surface area contributed by atoms with E-state index >= 15 is 0 Å². The molecule has 162 valence electrons. The molecule has 0 spiro atoms.